The summed E-state index contributed by atoms with van der Waals surface area (Å²) in [7, 11) is 0. The molecule has 0 saturated heterocycles. The van der Waals surface area contributed by atoms with Crippen molar-refractivity contribution in [1.29, 1.82) is 0 Å². The summed E-state index contributed by atoms with van der Waals surface area (Å²) in [5.74, 6) is -1.01. The fraction of sp³-hybridized carbons (Fsp3) is 0.280. The SMILES string of the molecule is CC(C)CCNC(=O)C(c1cccs1)N(C(=O)Cn1nnc2ccccc21)c1ccccc1F. The standard InChI is InChI=1S/C25H26FN5O2S/c1-17(2)13-14-27-25(33)24(22-12-7-15-34-22)31(20-10-5-3-8-18(20)26)23(32)16-30-21-11-6-4-9-19(21)28-29-30/h3-12,15,17,24H,13-14,16H2,1-2H3,(H,27,33). The molecule has 4 rings (SSSR count). The van der Waals surface area contributed by atoms with Crippen LogP contribution in [-0.2, 0) is 16.1 Å². The monoisotopic (exact) mass is 479 g/mol. The molecule has 1 unspecified atom stereocenters. The van der Waals surface area contributed by atoms with Crippen molar-refractivity contribution in [2.75, 3.05) is 11.4 Å². The van der Waals surface area contributed by atoms with Crippen LogP contribution < -0.4 is 10.2 Å². The van der Waals surface area contributed by atoms with Crippen LogP contribution in [0.3, 0.4) is 0 Å². The third kappa shape index (κ3) is 5.14. The summed E-state index contributed by atoms with van der Waals surface area (Å²) in [6.45, 7) is 4.41. The summed E-state index contributed by atoms with van der Waals surface area (Å²) < 4.78 is 16.5. The molecule has 0 saturated carbocycles. The van der Waals surface area contributed by atoms with Gasteiger partial charge in [-0.15, -0.1) is 16.4 Å². The number of halogens is 1. The van der Waals surface area contributed by atoms with Crippen LogP contribution in [0, 0.1) is 11.7 Å². The molecule has 0 aliphatic carbocycles. The summed E-state index contributed by atoms with van der Waals surface area (Å²) in [5, 5.41) is 13.0. The van der Waals surface area contributed by atoms with Crippen molar-refractivity contribution in [2.24, 2.45) is 5.92 Å². The third-order valence-corrected chi connectivity index (χ3v) is 6.35. The Morgan fingerprint density at radius 2 is 1.85 bits per heavy atom. The molecule has 7 nitrogen and oxygen atoms in total. The number of amides is 2. The summed E-state index contributed by atoms with van der Waals surface area (Å²) >= 11 is 1.34. The van der Waals surface area contributed by atoms with Crippen LogP contribution in [0.1, 0.15) is 31.2 Å². The number of hydrogen-bond donors (Lipinski definition) is 1. The van der Waals surface area contributed by atoms with Crippen molar-refractivity contribution in [1.82, 2.24) is 20.3 Å². The maximum Gasteiger partial charge on any atom is 0.249 e. The molecule has 2 amide bonds. The Labute approximate surface area is 201 Å². The Morgan fingerprint density at radius 1 is 1.09 bits per heavy atom. The number of rotatable bonds is 9. The second kappa shape index (κ2) is 10.6. The van der Waals surface area contributed by atoms with E-state index in [1.54, 1.807) is 24.3 Å². The van der Waals surface area contributed by atoms with Crippen LogP contribution in [0.25, 0.3) is 11.0 Å². The highest BCUT2D eigenvalue weighted by Gasteiger charge is 2.35. The van der Waals surface area contributed by atoms with E-state index in [0.717, 1.165) is 6.42 Å². The maximum atomic E-state index is 15.0. The van der Waals surface area contributed by atoms with E-state index in [1.807, 2.05) is 29.6 Å². The van der Waals surface area contributed by atoms with Crippen LogP contribution >= 0.6 is 11.3 Å². The molecule has 4 aromatic rings. The number of aromatic nitrogens is 3. The molecule has 1 atom stereocenters. The minimum atomic E-state index is -1.02. The molecule has 0 spiro atoms. The van der Waals surface area contributed by atoms with Gasteiger partial charge in [-0.1, -0.05) is 49.4 Å². The minimum Gasteiger partial charge on any atom is -0.354 e. The number of anilines is 1. The predicted octanol–water partition coefficient (Wildman–Crippen LogP) is 4.57. The third-order valence-electron chi connectivity index (χ3n) is 5.43. The minimum absolute atomic E-state index is 0.0364. The molecular formula is C25H26FN5O2S. The highest BCUT2D eigenvalue weighted by molar-refractivity contribution is 7.10. The molecule has 0 aliphatic rings. The van der Waals surface area contributed by atoms with E-state index in [4.69, 9.17) is 0 Å². The van der Waals surface area contributed by atoms with Gasteiger partial charge in [0, 0.05) is 11.4 Å². The van der Waals surface area contributed by atoms with Gasteiger partial charge in [0.15, 0.2) is 0 Å². The van der Waals surface area contributed by atoms with E-state index in [1.165, 1.54) is 33.1 Å². The second-order valence-electron chi connectivity index (χ2n) is 8.34. The molecular weight excluding hydrogens is 453 g/mol. The lowest BCUT2D eigenvalue weighted by Gasteiger charge is -2.31. The van der Waals surface area contributed by atoms with Gasteiger partial charge in [0.1, 0.15) is 23.9 Å². The fourth-order valence-corrected chi connectivity index (χ4v) is 4.52. The van der Waals surface area contributed by atoms with Gasteiger partial charge in [-0.2, -0.15) is 0 Å². The number of para-hydroxylation sites is 2. The first-order valence-electron chi connectivity index (χ1n) is 11.1. The number of carbonyl (C=O) groups excluding carboxylic acids is 2. The average molecular weight is 480 g/mol. The van der Waals surface area contributed by atoms with Crippen LogP contribution in [0.5, 0.6) is 0 Å². The number of nitrogens with one attached hydrogen (secondary N) is 1. The molecule has 0 radical (unpaired) electrons. The van der Waals surface area contributed by atoms with E-state index in [9.17, 15) is 14.0 Å². The zero-order chi connectivity index (χ0) is 24.1. The number of benzene rings is 2. The molecule has 2 heterocycles. The topological polar surface area (TPSA) is 80.1 Å². The Hall–Kier alpha value is -3.59. The Balaban J connectivity index is 1.73. The van der Waals surface area contributed by atoms with Crippen molar-refractivity contribution in [3.8, 4) is 0 Å². The summed E-state index contributed by atoms with van der Waals surface area (Å²) in [6, 6.07) is 15.8. The largest absolute Gasteiger partial charge is 0.354 e. The first-order chi connectivity index (χ1) is 16.5. The Bertz CT molecular complexity index is 1270. The van der Waals surface area contributed by atoms with Crippen molar-refractivity contribution in [3.63, 3.8) is 0 Å². The summed E-state index contributed by atoms with van der Waals surface area (Å²) in [4.78, 5) is 29.0. The van der Waals surface area contributed by atoms with Crippen LogP contribution in [-0.4, -0.2) is 33.4 Å². The fourth-order valence-electron chi connectivity index (χ4n) is 3.70. The highest BCUT2D eigenvalue weighted by Crippen LogP contribution is 2.32. The Morgan fingerprint density at radius 3 is 2.59 bits per heavy atom. The summed E-state index contributed by atoms with van der Waals surface area (Å²) in [6.07, 6.45) is 0.793. The van der Waals surface area contributed by atoms with E-state index < -0.39 is 17.8 Å². The van der Waals surface area contributed by atoms with Gasteiger partial charge in [0.2, 0.25) is 11.8 Å². The smallest absolute Gasteiger partial charge is 0.249 e. The molecule has 0 bridgehead atoms. The van der Waals surface area contributed by atoms with E-state index in [-0.39, 0.29) is 18.1 Å². The molecule has 34 heavy (non-hydrogen) atoms. The van der Waals surface area contributed by atoms with Crippen LogP contribution in [0.15, 0.2) is 66.0 Å². The van der Waals surface area contributed by atoms with E-state index in [0.29, 0.717) is 28.4 Å². The van der Waals surface area contributed by atoms with Gasteiger partial charge in [-0.3, -0.25) is 14.5 Å². The lowest BCUT2D eigenvalue weighted by molar-refractivity contribution is -0.127. The molecule has 176 valence electrons. The van der Waals surface area contributed by atoms with Gasteiger partial charge < -0.3 is 5.32 Å². The molecule has 9 heteroatoms. The molecule has 0 aliphatic heterocycles. The lowest BCUT2D eigenvalue weighted by atomic mass is 10.1. The first kappa shape index (κ1) is 23.6. The van der Waals surface area contributed by atoms with Crippen LogP contribution in [0.4, 0.5) is 10.1 Å². The second-order valence-corrected chi connectivity index (χ2v) is 9.32. The Kier molecular flexibility index (Phi) is 7.32. The number of nitrogens with zero attached hydrogens (tertiary/aromatic N) is 4. The van der Waals surface area contributed by atoms with Crippen molar-refractivity contribution in [2.45, 2.75) is 32.9 Å². The van der Waals surface area contributed by atoms with E-state index in [2.05, 4.69) is 29.5 Å². The predicted molar refractivity (Wildman–Crippen MR) is 131 cm³/mol. The molecule has 2 aromatic carbocycles. The van der Waals surface area contributed by atoms with Crippen molar-refractivity contribution >= 4 is 39.9 Å². The first-order valence-corrected chi connectivity index (χ1v) is 12.0. The number of carbonyl (C=O) groups is 2. The number of hydrogen-bond acceptors (Lipinski definition) is 5. The molecule has 1 N–H and O–H groups in total. The van der Waals surface area contributed by atoms with Crippen LogP contribution in [0.2, 0.25) is 0 Å². The van der Waals surface area contributed by atoms with Crippen molar-refractivity contribution < 1.29 is 14.0 Å². The normalized spacial score (nSPS) is 12.1. The van der Waals surface area contributed by atoms with Gasteiger partial charge in [-0.05, 0) is 48.1 Å². The van der Waals surface area contributed by atoms with Gasteiger partial charge in [0.05, 0.1) is 11.2 Å². The molecule has 0 fully saturated rings. The van der Waals surface area contributed by atoms with Gasteiger partial charge >= 0.3 is 0 Å². The van der Waals surface area contributed by atoms with Crippen molar-refractivity contribution in [3.05, 3.63) is 76.7 Å². The quantitative estimate of drug-likeness (QED) is 0.381. The lowest BCUT2D eigenvalue weighted by Crippen LogP contribution is -2.45. The summed E-state index contributed by atoms with van der Waals surface area (Å²) in [5.41, 5.74) is 1.36. The molecule has 2 aromatic heterocycles. The highest BCUT2D eigenvalue weighted by atomic mass is 32.1. The number of fused-ring (bicyclic) bond motifs is 1. The van der Waals surface area contributed by atoms with Gasteiger partial charge in [0.25, 0.3) is 0 Å². The van der Waals surface area contributed by atoms with E-state index >= 15 is 0 Å². The number of thiophene rings is 1. The average Bonchev–Trinajstić information content (AvgIpc) is 3.48. The zero-order valence-corrected chi connectivity index (χ0v) is 19.8. The maximum absolute atomic E-state index is 15.0. The zero-order valence-electron chi connectivity index (χ0n) is 19.0. The van der Waals surface area contributed by atoms with Gasteiger partial charge in [-0.25, -0.2) is 9.07 Å².